The highest BCUT2D eigenvalue weighted by Crippen LogP contribution is 2.26. The van der Waals surface area contributed by atoms with E-state index in [1.807, 2.05) is 19.2 Å². The first-order valence-corrected chi connectivity index (χ1v) is 5.97. The van der Waals surface area contributed by atoms with Crippen LogP contribution in [-0.2, 0) is 0 Å². The fourth-order valence-electron chi connectivity index (χ4n) is 1.02. The highest BCUT2D eigenvalue weighted by molar-refractivity contribution is 9.10. The van der Waals surface area contributed by atoms with Crippen molar-refractivity contribution in [1.29, 1.82) is 0 Å². The summed E-state index contributed by atoms with van der Waals surface area (Å²) >= 11 is 5.14. The number of aliphatic hydroxyl groups excluding tert-OH is 1. The minimum absolute atomic E-state index is 0.115. The fourth-order valence-corrected chi connectivity index (χ4v) is 2.15. The molecule has 71 valence electrons. The Balaban J connectivity index is 3.01. The molecule has 0 aliphatic rings. The second-order valence-corrected chi connectivity index (χ2v) is 4.61. The van der Waals surface area contributed by atoms with Gasteiger partial charge in [-0.15, -0.1) is 11.8 Å². The Hall–Kier alpha value is 0.01000. The molecule has 0 saturated heterocycles. The van der Waals surface area contributed by atoms with E-state index >= 15 is 0 Å². The van der Waals surface area contributed by atoms with Crippen molar-refractivity contribution in [3.8, 4) is 0 Å². The van der Waals surface area contributed by atoms with Gasteiger partial charge in [0.1, 0.15) is 0 Å². The first-order valence-electron chi connectivity index (χ1n) is 3.95. The van der Waals surface area contributed by atoms with Crippen LogP contribution < -0.4 is 0 Å². The van der Waals surface area contributed by atoms with Crippen molar-refractivity contribution in [1.82, 2.24) is 0 Å². The molecule has 0 aromatic heterocycles. The molecular formula is C10H12BrOS. The predicted octanol–water partition coefficient (Wildman–Crippen LogP) is 3.11. The van der Waals surface area contributed by atoms with E-state index in [1.165, 1.54) is 4.90 Å². The standard InChI is InChI=1S/C10H12BrOS/c1-7(6-12)8-3-9(11)5-10(4-8)13-2/h3-5,12H,6H2,1-2H3. The largest absolute Gasteiger partial charge is 0.395 e. The smallest absolute Gasteiger partial charge is 0.0534 e. The molecule has 13 heavy (non-hydrogen) atoms. The number of benzene rings is 1. The third kappa shape index (κ3) is 3.01. The number of hydrogen-bond acceptors (Lipinski definition) is 2. The van der Waals surface area contributed by atoms with Crippen molar-refractivity contribution in [2.45, 2.75) is 11.8 Å². The lowest BCUT2D eigenvalue weighted by molar-refractivity contribution is 0.315. The zero-order valence-corrected chi connectivity index (χ0v) is 10.1. The maximum absolute atomic E-state index is 8.98. The van der Waals surface area contributed by atoms with E-state index in [-0.39, 0.29) is 6.61 Å². The summed E-state index contributed by atoms with van der Waals surface area (Å²) in [5.41, 5.74) is 1.10. The summed E-state index contributed by atoms with van der Waals surface area (Å²) in [4.78, 5) is 1.21. The van der Waals surface area contributed by atoms with E-state index in [0.717, 1.165) is 16.0 Å². The minimum atomic E-state index is 0.115. The average molecular weight is 260 g/mol. The minimum Gasteiger partial charge on any atom is -0.395 e. The Kier molecular flexibility index (Phi) is 4.29. The van der Waals surface area contributed by atoms with E-state index in [9.17, 15) is 0 Å². The molecule has 1 aromatic rings. The Morgan fingerprint density at radius 2 is 2.15 bits per heavy atom. The van der Waals surface area contributed by atoms with E-state index in [1.54, 1.807) is 11.8 Å². The molecule has 0 saturated carbocycles. The van der Waals surface area contributed by atoms with Gasteiger partial charge in [-0.2, -0.15) is 0 Å². The highest BCUT2D eigenvalue weighted by atomic mass is 79.9. The number of thioether (sulfide) groups is 1. The third-order valence-corrected chi connectivity index (χ3v) is 3.00. The number of halogens is 1. The molecule has 0 heterocycles. The van der Waals surface area contributed by atoms with E-state index < -0.39 is 0 Å². The first-order chi connectivity index (χ1) is 6.17. The number of aliphatic hydroxyl groups is 1. The molecule has 1 rings (SSSR count). The van der Waals surface area contributed by atoms with Crippen molar-refractivity contribution in [3.63, 3.8) is 0 Å². The highest BCUT2D eigenvalue weighted by Gasteiger charge is 2.06. The summed E-state index contributed by atoms with van der Waals surface area (Å²) < 4.78 is 1.06. The zero-order valence-electron chi connectivity index (χ0n) is 7.67. The molecule has 0 spiro atoms. The molecule has 0 aliphatic heterocycles. The monoisotopic (exact) mass is 259 g/mol. The van der Waals surface area contributed by atoms with Crippen LogP contribution >= 0.6 is 27.7 Å². The maximum atomic E-state index is 8.98. The van der Waals surface area contributed by atoms with Gasteiger partial charge < -0.3 is 5.11 Å². The maximum Gasteiger partial charge on any atom is 0.0534 e. The SMILES string of the molecule is CSc1cc(Br)cc([C](C)CO)c1. The second-order valence-electron chi connectivity index (χ2n) is 2.82. The molecule has 0 amide bonds. The summed E-state index contributed by atoms with van der Waals surface area (Å²) in [6, 6.07) is 6.17. The van der Waals surface area contributed by atoms with Gasteiger partial charge in [0.15, 0.2) is 0 Å². The molecule has 0 unspecified atom stereocenters. The Morgan fingerprint density at radius 3 is 2.69 bits per heavy atom. The van der Waals surface area contributed by atoms with Gasteiger partial charge in [0.05, 0.1) is 6.61 Å². The lowest BCUT2D eigenvalue weighted by Gasteiger charge is -2.09. The molecule has 0 bridgehead atoms. The Morgan fingerprint density at radius 1 is 1.46 bits per heavy atom. The van der Waals surface area contributed by atoms with Crippen LogP contribution in [0.2, 0.25) is 0 Å². The van der Waals surface area contributed by atoms with Gasteiger partial charge in [-0.3, -0.25) is 0 Å². The zero-order chi connectivity index (χ0) is 9.84. The second kappa shape index (κ2) is 5.03. The van der Waals surface area contributed by atoms with Crippen LogP contribution in [0.5, 0.6) is 0 Å². The van der Waals surface area contributed by atoms with Gasteiger partial charge >= 0.3 is 0 Å². The average Bonchev–Trinajstić information content (AvgIpc) is 2.15. The quantitative estimate of drug-likeness (QED) is 0.843. The lowest BCUT2D eigenvalue weighted by atomic mass is 10.0. The van der Waals surface area contributed by atoms with Crippen molar-refractivity contribution in [3.05, 3.63) is 34.2 Å². The van der Waals surface area contributed by atoms with Crippen LogP contribution in [0.25, 0.3) is 0 Å². The topological polar surface area (TPSA) is 20.2 Å². The van der Waals surface area contributed by atoms with E-state index in [0.29, 0.717) is 0 Å². The fraction of sp³-hybridized carbons (Fsp3) is 0.300. The summed E-state index contributed by atoms with van der Waals surface area (Å²) in [6.07, 6.45) is 2.04. The number of rotatable bonds is 3. The Bertz CT molecular complexity index is 288. The van der Waals surface area contributed by atoms with Crippen molar-refractivity contribution >= 4 is 27.7 Å². The van der Waals surface area contributed by atoms with Crippen LogP contribution in [0.3, 0.4) is 0 Å². The van der Waals surface area contributed by atoms with Crippen molar-refractivity contribution in [2.75, 3.05) is 12.9 Å². The van der Waals surface area contributed by atoms with Crippen molar-refractivity contribution in [2.24, 2.45) is 0 Å². The molecule has 1 N–H and O–H groups in total. The lowest BCUT2D eigenvalue weighted by Crippen LogP contribution is -1.99. The predicted molar refractivity (Wildman–Crippen MR) is 61.0 cm³/mol. The summed E-state index contributed by atoms with van der Waals surface area (Å²) in [5.74, 6) is 0.997. The van der Waals surface area contributed by atoms with Crippen LogP contribution in [0, 0.1) is 5.92 Å². The van der Waals surface area contributed by atoms with Gasteiger partial charge in [-0.25, -0.2) is 0 Å². The molecular weight excluding hydrogens is 248 g/mol. The van der Waals surface area contributed by atoms with E-state index in [4.69, 9.17) is 5.11 Å². The van der Waals surface area contributed by atoms with Gasteiger partial charge in [0.25, 0.3) is 0 Å². The molecule has 0 atom stereocenters. The van der Waals surface area contributed by atoms with Crippen LogP contribution in [0.4, 0.5) is 0 Å². The van der Waals surface area contributed by atoms with Gasteiger partial charge in [-0.1, -0.05) is 22.9 Å². The molecule has 1 nitrogen and oxygen atoms in total. The molecule has 1 radical (unpaired) electrons. The molecule has 0 fully saturated rings. The normalized spacial score (nSPS) is 10.8. The van der Waals surface area contributed by atoms with Crippen molar-refractivity contribution < 1.29 is 5.11 Å². The van der Waals surface area contributed by atoms with Crippen LogP contribution in [-0.4, -0.2) is 18.0 Å². The third-order valence-electron chi connectivity index (χ3n) is 1.84. The van der Waals surface area contributed by atoms with Crippen LogP contribution in [0.15, 0.2) is 27.6 Å². The van der Waals surface area contributed by atoms with E-state index in [2.05, 4.69) is 28.1 Å². The van der Waals surface area contributed by atoms with Gasteiger partial charge in [0.2, 0.25) is 0 Å². The summed E-state index contributed by atoms with van der Waals surface area (Å²) in [7, 11) is 0. The Labute approximate surface area is 91.7 Å². The van der Waals surface area contributed by atoms with Gasteiger partial charge in [-0.05, 0) is 30.0 Å². The molecule has 0 aliphatic carbocycles. The summed E-state index contributed by atoms with van der Waals surface area (Å²) in [5, 5.41) is 8.98. The summed E-state index contributed by atoms with van der Waals surface area (Å²) in [6.45, 7) is 2.05. The van der Waals surface area contributed by atoms with Crippen LogP contribution in [0.1, 0.15) is 12.5 Å². The van der Waals surface area contributed by atoms with Gasteiger partial charge in [0, 0.05) is 15.3 Å². The number of hydrogen-bond donors (Lipinski definition) is 1. The molecule has 1 aromatic carbocycles. The first kappa shape index (κ1) is 11.1. The molecule has 3 heteroatoms.